The van der Waals surface area contributed by atoms with E-state index in [4.69, 9.17) is 5.11 Å². The molecule has 7 nitrogen and oxygen atoms in total. The molecule has 2 rings (SSSR count). The van der Waals surface area contributed by atoms with Crippen LogP contribution in [-0.4, -0.2) is 34.8 Å². The van der Waals surface area contributed by atoms with Gasteiger partial charge in [-0.25, -0.2) is 5.43 Å². The number of phenols is 2. The summed E-state index contributed by atoms with van der Waals surface area (Å²) in [4.78, 5) is 23.5. The molecule has 7 heteroatoms. The fraction of sp³-hybridized carbons (Fsp3) is 0.438. The molecule has 0 aromatic heterocycles. The highest BCUT2D eigenvalue weighted by molar-refractivity contribution is 5.88. The van der Waals surface area contributed by atoms with Crippen LogP contribution in [0.1, 0.15) is 37.7 Å². The van der Waals surface area contributed by atoms with Gasteiger partial charge < -0.3 is 15.5 Å². The third kappa shape index (κ3) is 5.28. The summed E-state index contributed by atoms with van der Waals surface area (Å²) in [6.45, 7) is -0.131. The third-order valence-corrected chi connectivity index (χ3v) is 3.81. The fourth-order valence-electron chi connectivity index (χ4n) is 2.53. The maximum Gasteiger partial charge on any atom is 0.259 e. The molecule has 1 aliphatic carbocycles. The van der Waals surface area contributed by atoms with Crippen LogP contribution >= 0.6 is 0 Å². The number of carbonyl (C=O) groups is 2. The van der Waals surface area contributed by atoms with Crippen molar-refractivity contribution in [3.05, 3.63) is 23.8 Å². The molecular weight excluding hydrogens is 298 g/mol. The smallest absolute Gasteiger partial charge is 0.259 e. The number of phenolic OH excluding ortho intramolecular Hbond substituents is 2. The van der Waals surface area contributed by atoms with E-state index in [0.717, 1.165) is 25.7 Å². The van der Waals surface area contributed by atoms with Crippen LogP contribution in [-0.2, 0) is 9.59 Å². The van der Waals surface area contributed by atoms with Crippen LogP contribution in [0, 0.1) is 5.92 Å². The number of benzene rings is 1. The van der Waals surface area contributed by atoms with E-state index in [9.17, 15) is 14.7 Å². The summed E-state index contributed by atoms with van der Waals surface area (Å²) in [5, 5.41) is 25.0. The Kier molecular flexibility index (Phi) is 5.96. The molecule has 0 spiro atoms. The van der Waals surface area contributed by atoms with Crippen molar-refractivity contribution in [3.8, 4) is 11.5 Å². The molecular formula is C16H21N3O4. The lowest BCUT2D eigenvalue weighted by molar-refractivity contribution is -0.129. The van der Waals surface area contributed by atoms with Crippen LogP contribution in [0.2, 0.25) is 0 Å². The molecule has 1 fully saturated rings. The van der Waals surface area contributed by atoms with Crippen molar-refractivity contribution < 1.29 is 19.8 Å². The maximum absolute atomic E-state index is 11.9. The van der Waals surface area contributed by atoms with Crippen molar-refractivity contribution >= 4 is 18.0 Å². The molecule has 0 heterocycles. The Morgan fingerprint density at radius 3 is 2.65 bits per heavy atom. The van der Waals surface area contributed by atoms with Crippen molar-refractivity contribution in [2.75, 3.05) is 6.54 Å². The van der Waals surface area contributed by atoms with E-state index in [0.29, 0.717) is 5.56 Å². The summed E-state index contributed by atoms with van der Waals surface area (Å²) in [6.07, 6.45) is 6.31. The van der Waals surface area contributed by atoms with Gasteiger partial charge in [0.2, 0.25) is 5.91 Å². The lowest BCUT2D eigenvalue weighted by atomic mass is 9.89. The van der Waals surface area contributed by atoms with Crippen molar-refractivity contribution in [3.63, 3.8) is 0 Å². The molecule has 0 saturated heterocycles. The van der Waals surface area contributed by atoms with Gasteiger partial charge in [-0.15, -0.1) is 0 Å². The monoisotopic (exact) mass is 319 g/mol. The summed E-state index contributed by atoms with van der Waals surface area (Å²) < 4.78 is 0. The van der Waals surface area contributed by atoms with E-state index in [-0.39, 0.29) is 29.9 Å². The van der Waals surface area contributed by atoms with E-state index >= 15 is 0 Å². The lowest BCUT2D eigenvalue weighted by Crippen LogP contribution is -2.38. The minimum absolute atomic E-state index is 0.00833. The average Bonchev–Trinajstić information content (AvgIpc) is 2.55. The zero-order chi connectivity index (χ0) is 16.7. The predicted molar refractivity (Wildman–Crippen MR) is 85.1 cm³/mol. The molecule has 1 aromatic carbocycles. The second kappa shape index (κ2) is 8.17. The van der Waals surface area contributed by atoms with Gasteiger partial charge in [-0.2, -0.15) is 5.10 Å². The molecule has 124 valence electrons. The van der Waals surface area contributed by atoms with Gasteiger partial charge in [-0.3, -0.25) is 9.59 Å². The standard InChI is InChI=1S/C16H21N3O4/c20-13-7-6-12(14(21)8-13)9-18-19-15(22)10-17-16(23)11-4-2-1-3-5-11/h6-9,11,20-21H,1-5,10H2,(H,17,23)(H,19,22)/b18-9+. The topological polar surface area (TPSA) is 111 Å². The van der Waals surface area contributed by atoms with Gasteiger partial charge in [0.05, 0.1) is 12.8 Å². The zero-order valence-electron chi connectivity index (χ0n) is 12.8. The highest BCUT2D eigenvalue weighted by Crippen LogP contribution is 2.23. The van der Waals surface area contributed by atoms with Crippen LogP contribution in [0.3, 0.4) is 0 Å². The van der Waals surface area contributed by atoms with Crippen LogP contribution in [0.4, 0.5) is 0 Å². The number of nitrogens with one attached hydrogen (secondary N) is 2. The van der Waals surface area contributed by atoms with E-state index < -0.39 is 5.91 Å². The third-order valence-electron chi connectivity index (χ3n) is 3.81. The van der Waals surface area contributed by atoms with E-state index in [2.05, 4.69) is 15.8 Å². The first-order valence-electron chi connectivity index (χ1n) is 7.68. The Balaban J connectivity index is 1.74. The largest absolute Gasteiger partial charge is 0.508 e. The van der Waals surface area contributed by atoms with E-state index in [1.54, 1.807) is 0 Å². The number of carbonyl (C=O) groups excluding carboxylic acids is 2. The average molecular weight is 319 g/mol. The van der Waals surface area contributed by atoms with Gasteiger partial charge in [0.25, 0.3) is 5.91 Å². The molecule has 0 unspecified atom stereocenters. The summed E-state index contributed by atoms with van der Waals surface area (Å²) in [6, 6.07) is 4.03. The maximum atomic E-state index is 11.9. The molecule has 0 atom stereocenters. The number of hydrazone groups is 1. The lowest BCUT2D eigenvalue weighted by Gasteiger charge is -2.20. The Bertz CT molecular complexity index is 595. The number of nitrogens with zero attached hydrogens (tertiary/aromatic N) is 1. The van der Waals surface area contributed by atoms with Crippen molar-refractivity contribution in [2.24, 2.45) is 11.0 Å². The first-order chi connectivity index (χ1) is 11.1. The van der Waals surface area contributed by atoms with Gasteiger partial charge in [0.15, 0.2) is 0 Å². The van der Waals surface area contributed by atoms with E-state index in [1.165, 1.54) is 30.8 Å². The van der Waals surface area contributed by atoms with Gasteiger partial charge >= 0.3 is 0 Å². The first kappa shape index (κ1) is 16.8. The van der Waals surface area contributed by atoms with Gasteiger partial charge in [-0.1, -0.05) is 19.3 Å². The van der Waals surface area contributed by atoms with Gasteiger partial charge in [0, 0.05) is 17.5 Å². The zero-order valence-corrected chi connectivity index (χ0v) is 12.8. The molecule has 0 radical (unpaired) electrons. The SMILES string of the molecule is O=C(CNC(=O)C1CCCCC1)N/N=C/c1ccc(O)cc1O. The van der Waals surface area contributed by atoms with Gasteiger partial charge in [-0.05, 0) is 25.0 Å². The number of amides is 2. The second-order valence-corrected chi connectivity index (χ2v) is 5.59. The summed E-state index contributed by atoms with van der Waals surface area (Å²) in [5.41, 5.74) is 2.63. The molecule has 1 aromatic rings. The quantitative estimate of drug-likeness (QED) is 0.483. The molecule has 23 heavy (non-hydrogen) atoms. The second-order valence-electron chi connectivity index (χ2n) is 5.59. The molecule has 4 N–H and O–H groups in total. The fourth-order valence-corrected chi connectivity index (χ4v) is 2.53. The van der Waals surface area contributed by atoms with Crippen molar-refractivity contribution in [1.82, 2.24) is 10.7 Å². The Morgan fingerprint density at radius 1 is 1.22 bits per heavy atom. The van der Waals surface area contributed by atoms with E-state index in [1.807, 2.05) is 0 Å². The Morgan fingerprint density at radius 2 is 1.96 bits per heavy atom. The Hall–Kier alpha value is -2.57. The number of aromatic hydroxyl groups is 2. The highest BCUT2D eigenvalue weighted by Gasteiger charge is 2.21. The summed E-state index contributed by atoms with van der Waals surface area (Å²) in [7, 11) is 0. The highest BCUT2D eigenvalue weighted by atomic mass is 16.3. The number of hydrogen-bond acceptors (Lipinski definition) is 5. The van der Waals surface area contributed by atoms with Crippen molar-refractivity contribution in [2.45, 2.75) is 32.1 Å². The van der Waals surface area contributed by atoms with Gasteiger partial charge in [0.1, 0.15) is 11.5 Å². The van der Waals surface area contributed by atoms with Crippen LogP contribution in [0.5, 0.6) is 11.5 Å². The number of hydrogen-bond donors (Lipinski definition) is 4. The molecule has 1 aliphatic rings. The normalized spacial score (nSPS) is 15.5. The van der Waals surface area contributed by atoms with Crippen LogP contribution in [0.25, 0.3) is 0 Å². The predicted octanol–water partition coefficient (Wildman–Crippen LogP) is 1.24. The van der Waals surface area contributed by atoms with Crippen LogP contribution < -0.4 is 10.7 Å². The summed E-state index contributed by atoms with van der Waals surface area (Å²) in [5.74, 6) is -0.722. The molecule has 2 amide bonds. The Labute approximate surface area is 134 Å². The minimum Gasteiger partial charge on any atom is -0.508 e. The molecule has 1 saturated carbocycles. The summed E-state index contributed by atoms with van der Waals surface area (Å²) >= 11 is 0. The molecule has 0 aliphatic heterocycles. The minimum atomic E-state index is -0.441. The number of rotatable bonds is 5. The first-order valence-corrected chi connectivity index (χ1v) is 7.68. The van der Waals surface area contributed by atoms with Crippen molar-refractivity contribution in [1.29, 1.82) is 0 Å². The molecule has 0 bridgehead atoms. The van der Waals surface area contributed by atoms with Crippen LogP contribution in [0.15, 0.2) is 23.3 Å².